The summed E-state index contributed by atoms with van der Waals surface area (Å²) in [6.45, 7) is 8.94. The van der Waals surface area contributed by atoms with Crippen LogP contribution in [-0.4, -0.2) is 32.8 Å². The van der Waals surface area contributed by atoms with E-state index in [-0.39, 0.29) is 25.9 Å². The molecule has 9 aromatic rings. The Kier molecular flexibility index (Phi) is 12.0. The number of halogens is 1. The molecular formula is C50H45FGeIrN4O-2. The van der Waals surface area contributed by atoms with Gasteiger partial charge in [-0.05, 0) is 71.5 Å². The van der Waals surface area contributed by atoms with Crippen molar-refractivity contribution in [2.45, 2.75) is 56.8 Å². The van der Waals surface area contributed by atoms with E-state index in [9.17, 15) is 4.39 Å². The van der Waals surface area contributed by atoms with Crippen LogP contribution in [0, 0.1) is 17.9 Å². The van der Waals surface area contributed by atoms with Crippen molar-refractivity contribution < 1.29 is 28.9 Å². The largest absolute Gasteiger partial charge is 0 e. The van der Waals surface area contributed by atoms with E-state index in [0.717, 1.165) is 55.7 Å². The third kappa shape index (κ3) is 8.09. The molecule has 293 valence electrons. The Morgan fingerprint density at radius 1 is 0.672 bits per heavy atom. The van der Waals surface area contributed by atoms with Crippen molar-refractivity contribution in [3.05, 3.63) is 163 Å². The molecule has 8 heteroatoms. The second-order valence-electron chi connectivity index (χ2n) is 16.1. The molecular weight excluding hydrogens is 956 g/mol. The van der Waals surface area contributed by atoms with E-state index in [1.54, 1.807) is 12.1 Å². The number of benzene rings is 5. The van der Waals surface area contributed by atoms with E-state index >= 15 is 0 Å². The summed E-state index contributed by atoms with van der Waals surface area (Å²) in [5, 5.41) is 1.86. The van der Waals surface area contributed by atoms with Crippen LogP contribution in [0.3, 0.4) is 0 Å². The Hall–Kier alpha value is -5.21. The van der Waals surface area contributed by atoms with Gasteiger partial charge in [0.15, 0.2) is 0 Å². The summed E-state index contributed by atoms with van der Waals surface area (Å²) in [5.41, 5.74) is 11.3. The number of nitrogens with zero attached hydrogens (tertiary/aromatic N) is 4. The maximum absolute atomic E-state index is 13.5. The topological polar surface area (TPSA) is 56.7 Å². The van der Waals surface area contributed by atoms with Crippen LogP contribution in [-0.2, 0) is 20.1 Å². The zero-order chi connectivity index (χ0) is 39.8. The molecule has 5 aromatic carbocycles. The predicted octanol–water partition coefficient (Wildman–Crippen LogP) is 12.9. The molecule has 0 fully saturated rings. The van der Waals surface area contributed by atoms with Crippen molar-refractivity contribution in [1.82, 2.24) is 19.5 Å². The van der Waals surface area contributed by atoms with Gasteiger partial charge in [0.1, 0.15) is 5.82 Å². The average molecular weight is 1000 g/mol. The minimum absolute atomic E-state index is 0. The molecule has 5 nitrogen and oxygen atoms in total. The molecule has 58 heavy (non-hydrogen) atoms. The van der Waals surface area contributed by atoms with E-state index in [4.69, 9.17) is 14.4 Å². The normalized spacial score (nSPS) is 11.6. The van der Waals surface area contributed by atoms with Gasteiger partial charge >= 0.3 is 99.8 Å². The molecule has 0 saturated heterocycles. The van der Waals surface area contributed by atoms with Crippen LogP contribution >= 0.6 is 0 Å². The van der Waals surface area contributed by atoms with Crippen LogP contribution in [0.5, 0.6) is 0 Å². The summed E-state index contributed by atoms with van der Waals surface area (Å²) in [5.74, 6) is 8.28. The monoisotopic (exact) mass is 1000 g/mol. The summed E-state index contributed by atoms with van der Waals surface area (Å²) in [6.07, 6.45) is 2.04. The molecule has 0 spiro atoms. The third-order valence-corrected chi connectivity index (χ3v) is 14.7. The van der Waals surface area contributed by atoms with Gasteiger partial charge in [0.2, 0.25) is 5.71 Å². The number of hydrogen-bond donors (Lipinski definition) is 0. The minimum Gasteiger partial charge on any atom is 0 e. The molecule has 1 radical (unpaired) electrons. The maximum atomic E-state index is 13.5. The van der Waals surface area contributed by atoms with Crippen molar-refractivity contribution in [2.75, 3.05) is 0 Å². The number of fused-ring (bicyclic) bond motifs is 4. The second kappa shape index (κ2) is 16.9. The number of pyridine rings is 2. The number of imidazole rings is 1. The summed E-state index contributed by atoms with van der Waals surface area (Å²) < 4.78 is 23.7. The van der Waals surface area contributed by atoms with E-state index in [0.29, 0.717) is 23.1 Å². The first-order valence-corrected chi connectivity index (χ1v) is 26.9. The Balaban J connectivity index is 0.000000254. The summed E-state index contributed by atoms with van der Waals surface area (Å²) in [4.78, 5) is 14.5. The number of rotatable bonds is 7. The molecule has 4 aromatic heterocycles. The zero-order valence-corrected chi connectivity index (χ0v) is 38.3. The van der Waals surface area contributed by atoms with Crippen molar-refractivity contribution in [3.63, 3.8) is 0 Å². The number of para-hydroxylation sites is 3. The van der Waals surface area contributed by atoms with Crippen molar-refractivity contribution in [2.24, 2.45) is 0 Å². The van der Waals surface area contributed by atoms with E-state index in [2.05, 4.69) is 115 Å². The number of furan rings is 1. The van der Waals surface area contributed by atoms with Gasteiger partial charge in [-0.1, -0.05) is 69.0 Å². The van der Waals surface area contributed by atoms with Gasteiger partial charge in [-0.25, -0.2) is 9.37 Å². The molecule has 9 rings (SSSR count). The fraction of sp³-hybridized carbons (Fsp3) is 0.180. The minimum atomic E-state index is -1.72. The smallest absolute Gasteiger partial charge is 0 e. The second-order valence-corrected chi connectivity index (χ2v) is 26.7. The third-order valence-electron chi connectivity index (χ3n) is 10.4. The number of aromatic nitrogens is 4. The molecule has 0 aliphatic heterocycles. The Morgan fingerprint density at radius 2 is 1.38 bits per heavy atom. The van der Waals surface area contributed by atoms with E-state index in [1.807, 2.05) is 60.8 Å². The van der Waals surface area contributed by atoms with E-state index in [1.165, 1.54) is 33.3 Å². The van der Waals surface area contributed by atoms with Gasteiger partial charge in [-0.3, -0.25) is 4.98 Å². The van der Waals surface area contributed by atoms with Gasteiger partial charge in [0, 0.05) is 36.7 Å². The first-order chi connectivity index (χ1) is 27.5. The Labute approximate surface area is 356 Å². The predicted molar refractivity (Wildman–Crippen MR) is 235 cm³/mol. The Morgan fingerprint density at radius 3 is 2.03 bits per heavy atom. The molecule has 0 aliphatic rings. The standard InChI is InChI=1S/C36H29FN3O.C14H16GeN.Ir/c1-21(2)25-9-7-10-26(22(3)4)33(25)40-32-14-6-5-13-31(32)38-35(40)29-12-8-11-27-28-19-20-30(39-36(28)41-34(27)29)23-15-17-24(37)18-16-23;1-15(2,3)13-9-10-14(16-11-13)12-7-5-4-6-8-12;/h5-11,13-22H,1-4H3;4-7,9-11H,1-3H3;/q2*-1;. The summed E-state index contributed by atoms with van der Waals surface area (Å²) in [6, 6.07) is 48.1. The van der Waals surface area contributed by atoms with Crippen LogP contribution in [0.15, 0.2) is 138 Å². The van der Waals surface area contributed by atoms with Crippen LogP contribution in [0.25, 0.3) is 72.7 Å². The first-order valence-electron chi connectivity index (χ1n) is 19.5. The van der Waals surface area contributed by atoms with Crippen molar-refractivity contribution in [3.8, 4) is 39.6 Å². The van der Waals surface area contributed by atoms with Gasteiger partial charge < -0.3 is 8.98 Å². The fourth-order valence-electron chi connectivity index (χ4n) is 7.31. The van der Waals surface area contributed by atoms with Crippen LogP contribution in [0.4, 0.5) is 4.39 Å². The van der Waals surface area contributed by atoms with Crippen LogP contribution in [0.2, 0.25) is 17.3 Å². The Bertz CT molecular complexity index is 2810. The van der Waals surface area contributed by atoms with Gasteiger partial charge in [-0.15, -0.1) is 18.2 Å². The molecule has 0 amide bonds. The summed E-state index contributed by atoms with van der Waals surface area (Å²) >= 11 is -1.72. The number of hydrogen-bond acceptors (Lipinski definition) is 4. The van der Waals surface area contributed by atoms with Gasteiger partial charge in [0.25, 0.3) is 0 Å². The van der Waals surface area contributed by atoms with Crippen LogP contribution < -0.4 is 4.40 Å². The molecule has 0 N–H and O–H groups in total. The fourth-order valence-corrected chi connectivity index (χ4v) is 9.48. The average Bonchev–Trinajstić information content (AvgIpc) is 3.79. The van der Waals surface area contributed by atoms with Crippen molar-refractivity contribution >= 4 is 50.8 Å². The quantitative estimate of drug-likeness (QED) is 0.118. The molecule has 0 atom stereocenters. The molecule has 4 heterocycles. The van der Waals surface area contributed by atoms with Crippen molar-refractivity contribution in [1.29, 1.82) is 0 Å². The molecule has 0 saturated carbocycles. The van der Waals surface area contributed by atoms with E-state index < -0.39 is 13.3 Å². The van der Waals surface area contributed by atoms with Crippen LogP contribution in [0.1, 0.15) is 50.7 Å². The SMILES string of the molecule is CC(C)c1cccc(C(C)C)c1-n1c(-c2[c-]ccc3c2oc2nc(-c4ccc(F)cc4)ccc23)nc2ccccc21.[CH3][Ge]([CH3])([CH3])[c]1ccc(-c2[c-]cccc2)nc1.[Ir]. The molecule has 0 bridgehead atoms. The first kappa shape index (κ1) is 41.0. The maximum Gasteiger partial charge on any atom is 0 e. The molecule has 0 aliphatic carbocycles. The van der Waals surface area contributed by atoms with Gasteiger partial charge in [0.05, 0.1) is 28.1 Å². The van der Waals surface area contributed by atoms with Gasteiger partial charge in [-0.2, -0.15) is 0 Å². The summed E-state index contributed by atoms with van der Waals surface area (Å²) in [7, 11) is 0. The zero-order valence-electron chi connectivity index (χ0n) is 33.8. The molecule has 0 unspecified atom stereocenters.